The van der Waals surface area contributed by atoms with Crippen molar-refractivity contribution in [1.29, 1.82) is 0 Å². The highest BCUT2D eigenvalue weighted by molar-refractivity contribution is 6.21. The average molecular weight is 292 g/mol. The first-order valence-corrected chi connectivity index (χ1v) is 6.29. The van der Waals surface area contributed by atoms with Gasteiger partial charge < -0.3 is 14.8 Å². The highest BCUT2D eigenvalue weighted by atomic mass is 16.7. The van der Waals surface area contributed by atoms with Crippen molar-refractivity contribution in [3.05, 3.63) is 34.9 Å². The number of carbonyl (C=O) groups is 3. The molecule has 2 rings (SSSR count). The first-order chi connectivity index (χ1) is 9.99. The van der Waals surface area contributed by atoms with Gasteiger partial charge in [0.25, 0.3) is 17.7 Å². The molecule has 1 heterocycles. The Morgan fingerprint density at radius 1 is 1.19 bits per heavy atom. The zero-order valence-corrected chi connectivity index (χ0v) is 12.0. The van der Waals surface area contributed by atoms with E-state index in [-0.39, 0.29) is 23.9 Å². The summed E-state index contributed by atoms with van der Waals surface area (Å²) in [4.78, 5) is 36.7. The standard InChI is InChI=1S/C14H16N2O5/c1-16-13(18)9-5-4-8(6-10(9)14(16)19)12(17)15-7-11(20-2)21-3/h4-6,11H,7H2,1-3H3,(H,15,17). The molecule has 7 nitrogen and oxygen atoms in total. The van der Waals surface area contributed by atoms with Crippen molar-refractivity contribution in [2.45, 2.75) is 6.29 Å². The molecule has 0 aromatic heterocycles. The highest BCUT2D eigenvalue weighted by Crippen LogP contribution is 2.22. The third kappa shape index (κ3) is 2.79. The first-order valence-electron chi connectivity index (χ1n) is 6.29. The Kier molecular flexibility index (Phi) is 4.35. The minimum atomic E-state index is -0.544. The number of fused-ring (bicyclic) bond motifs is 1. The molecule has 0 atom stereocenters. The smallest absolute Gasteiger partial charge is 0.261 e. The number of nitrogens with one attached hydrogen (secondary N) is 1. The number of rotatable bonds is 5. The molecule has 0 unspecified atom stereocenters. The molecule has 1 aromatic rings. The van der Waals surface area contributed by atoms with Crippen LogP contribution in [0.15, 0.2) is 18.2 Å². The fourth-order valence-corrected chi connectivity index (χ4v) is 2.04. The summed E-state index contributed by atoms with van der Waals surface area (Å²) in [6.07, 6.45) is -0.544. The predicted molar refractivity (Wildman–Crippen MR) is 73.0 cm³/mol. The van der Waals surface area contributed by atoms with E-state index >= 15 is 0 Å². The van der Waals surface area contributed by atoms with Crippen LogP contribution in [0.25, 0.3) is 0 Å². The van der Waals surface area contributed by atoms with E-state index in [1.165, 1.54) is 39.5 Å². The maximum absolute atomic E-state index is 12.0. The van der Waals surface area contributed by atoms with Crippen molar-refractivity contribution in [2.75, 3.05) is 27.8 Å². The molecule has 112 valence electrons. The molecule has 3 amide bonds. The largest absolute Gasteiger partial charge is 0.354 e. The molecule has 21 heavy (non-hydrogen) atoms. The molecule has 1 aliphatic rings. The van der Waals surface area contributed by atoms with Crippen LogP contribution in [0.1, 0.15) is 31.1 Å². The van der Waals surface area contributed by atoms with Gasteiger partial charge in [0.2, 0.25) is 0 Å². The van der Waals surface area contributed by atoms with Crippen molar-refractivity contribution in [1.82, 2.24) is 10.2 Å². The van der Waals surface area contributed by atoms with Crippen LogP contribution in [-0.4, -0.2) is 56.7 Å². The molecule has 0 bridgehead atoms. The van der Waals surface area contributed by atoms with Gasteiger partial charge in [-0.05, 0) is 18.2 Å². The van der Waals surface area contributed by atoms with Gasteiger partial charge in [0.05, 0.1) is 17.7 Å². The summed E-state index contributed by atoms with van der Waals surface area (Å²) >= 11 is 0. The van der Waals surface area contributed by atoms with Crippen LogP contribution in [0, 0.1) is 0 Å². The number of carbonyl (C=O) groups excluding carboxylic acids is 3. The van der Waals surface area contributed by atoms with Gasteiger partial charge in [0, 0.05) is 26.8 Å². The maximum atomic E-state index is 12.0. The lowest BCUT2D eigenvalue weighted by Crippen LogP contribution is -2.34. The molecule has 0 aliphatic carbocycles. The molecule has 0 fully saturated rings. The average Bonchev–Trinajstić information content (AvgIpc) is 2.72. The number of hydrogen-bond acceptors (Lipinski definition) is 5. The van der Waals surface area contributed by atoms with Gasteiger partial charge in [-0.3, -0.25) is 19.3 Å². The highest BCUT2D eigenvalue weighted by Gasteiger charge is 2.33. The zero-order chi connectivity index (χ0) is 15.6. The van der Waals surface area contributed by atoms with Gasteiger partial charge in [-0.25, -0.2) is 0 Å². The van der Waals surface area contributed by atoms with Gasteiger partial charge >= 0.3 is 0 Å². The summed E-state index contributed by atoms with van der Waals surface area (Å²) in [5.41, 5.74) is 0.854. The van der Waals surface area contributed by atoms with Crippen molar-refractivity contribution in [3.8, 4) is 0 Å². The Hall–Kier alpha value is -2.25. The fourth-order valence-electron chi connectivity index (χ4n) is 2.04. The summed E-state index contributed by atoms with van der Waals surface area (Å²) in [7, 11) is 4.35. The zero-order valence-electron chi connectivity index (χ0n) is 12.0. The number of methoxy groups -OCH3 is 2. The Morgan fingerprint density at radius 2 is 1.81 bits per heavy atom. The SMILES string of the molecule is COC(CNC(=O)c1ccc2c(c1)C(=O)N(C)C2=O)OC. The Bertz CT molecular complexity index is 595. The lowest BCUT2D eigenvalue weighted by molar-refractivity contribution is -0.0974. The predicted octanol–water partition coefficient (Wildman–Crippen LogP) is 0.261. The Labute approximate surface area is 121 Å². The molecule has 0 spiro atoms. The number of benzene rings is 1. The molecular formula is C14H16N2O5. The first kappa shape index (κ1) is 15.1. The number of ether oxygens (including phenoxy) is 2. The van der Waals surface area contributed by atoms with E-state index in [4.69, 9.17) is 9.47 Å². The number of amides is 3. The molecule has 1 N–H and O–H groups in total. The minimum Gasteiger partial charge on any atom is -0.354 e. The molecular weight excluding hydrogens is 276 g/mol. The number of imide groups is 1. The summed E-state index contributed by atoms with van der Waals surface area (Å²) in [6.45, 7) is 0.176. The van der Waals surface area contributed by atoms with Crippen LogP contribution in [0.2, 0.25) is 0 Å². The Balaban J connectivity index is 2.15. The van der Waals surface area contributed by atoms with E-state index in [1.807, 2.05) is 0 Å². The van der Waals surface area contributed by atoms with E-state index in [9.17, 15) is 14.4 Å². The third-order valence-electron chi connectivity index (χ3n) is 3.31. The van der Waals surface area contributed by atoms with E-state index in [2.05, 4.69) is 5.32 Å². The summed E-state index contributed by atoms with van der Waals surface area (Å²) in [6, 6.07) is 4.41. The van der Waals surface area contributed by atoms with Crippen molar-refractivity contribution in [3.63, 3.8) is 0 Å². The lowest BCUT2D eigenvalue weighted by atomic mass is 10.1. The van der Waals surface area contributed by atoms with Crippen LogP contribution < -0.4 is 5.32 Å². The molecule has 7 heteroatoms. The van der Waals surface area contributed by atoms with Crippen LogP contribution in [0.5, 0.6) is 0 Å². The van der Waals surface area contributed by atoms with E-state index in [1.54, 1.807) is 0 Å². The molecule has 0 radical (unpaired) electrons. The maximum Gasteiger partial charge on any atom is 0.261 e. The third-order valence-corrected chi connectivity index (χ3v) is 3.31. The van der Waals surface area contributed by atoms with Crippen molar-refractivity contribution < 1.29 is 23.9 Å². The van der Waals surface area contributed by atoms with E-state index in [0.29, 0.717) is 11.1 Å². The summed E-state index contributed by atoms with van der Waals surface area (Å²) in [5.74, 6) is -1.14. The second-order valence-electron chi connectivity index (χ2n) is 4.54. The van der Waals surface area contributed by atoms with Gasteiger partial charge in [0.1, 0.15) is 0 Å². The van der Waals surface area contributed by atoms with Gasteiger partial charge in [-0.2, -0.15) is 0 Å². The topological polar surface area (TPSA) is 84.9 Å². The fraction of sp³-hybridized carbons (Fsp3) is 0.357. The molecule has 0 saturated heterocycles. The summed E-state index contributed by atoms with van der Waals surface area (Å²) < 4.78 is 9.93. The number of hydrogen-bond donors (Lipinski definition) is 1. The van der Waals surface area contributed by atoms with E-state index in [0.717, 1.165) is 4.90 Å². The molecule has 0 saturated carbocycles. The summed E-state index contributed by atoms with van der Waals surface area (Å²) in [5, 5.41) is 2.63. The lowest BCUT2D eigenvalue weighted by Gasteiger charge is -2.14. The van der Waals surface area contributed by atoms with E-state index < -0.39 is 12.2 Å². The van der Waals surface area contributed by atoms with Crippen LogP contribution >= 0.6 is 0 Å². The quantitative estimate of drug-likeness (QED) is 0.621. The second-order valence-corrected chi connectivity index (χ2v) is 4.54. The Morgan fingerprint density at radius 3 is 2.43 bits per heavy atom. The van der Waals surface area contributed by atoms with Gasteiger partial charge in [-0.15, -0.1) is 0 Å². The van der Waals surface area contributed by atoms with Crippen LogP contribution in [-0.2, 0) is 9.47 Å². The van der Waals surface area contributed by atoms with Crippen molar-refractivity contribution >= 4 is 17.7 Å². The van der Waals surface area contributed by atoms with Crippen LogP contribution in [0.4, 0.5) is 0 Å². The van der Waals surface area contributed by atoms with Gasteiger partial charge in [0.15, 0.2) is 6.29 Å². The number of nitrogens with zero attached hydrogens (tertiary/aromatic N) is 1. The molecule has 1 aliphatic heterocycles. The normalized spacial score (nSPS) is 13.8. The van der Waals surface area contributed by atoms with Crippen molar-refractivity contribution in [2.24, 2.45) is 0 Å². The monoisotopic (exact) mass is 292 g/mol. The minimum absolute atomic E-state index is 0.176. The van der Waals surface area contributed by atoms with Crippen LogP contribution in [0.3, 0.4) is 0 Å². The molecule has 1 aromatic carbocycles. The second kappa shape index (κ2) is 6.02. The van der Waals surface area contributed by atoms with Gasteiger partial charge in [-0.1, -0.05) is 0 Å².